The molecule has 0 saturated carbocycles. The van der Waals surface area contributed by atoms with E-state index in [4.69, 9.17) is 4.42 Å². The smallest absolute Gasteiger partial charge is 0.433 e. The standard InChI is InChI=1S/C17H16F3N3O3/c1-10-8-13(17(18,19)20)23-14(22-10)9-21-15(24)12-5-4-11(26-12)6-7-16(2,3)25/h4-5,8,25H,9H2,1-3H3,(H,21,24). The Morgan fingerprint density at radius 3 is 2.62 bits per heavy atom. The van der Waals surface area contributed by atoms with Crippen LogP contribution in [0.5, 0.6) is 0 Å². The predicted octanol–water partition coefficient (Wildman–Crippen LogP) is 2.45. The van der Waals surface area contributed by atoms with Crippen molar-refractivity contribution in [3.05, 3.63) is 46.9 Å². The van der Waals surface area contributed by atoms with Crippen LogP contribution < -0.4 is 5.32 Å². The van der Waals surface area contributed by atoms with Crippen molar-refractivity contribution >= 4 is 5.91 Å². The first-order valence-corrected chi connectivity index (χ1v) is 7.49. The highest BCUT2D eigenvalue weighted by Gasteiger charge is 2.33. The van der Waals surface area contributed by atoms with E-state index < -0.39 is 23.4 Å². The van der Waals surface area contributed by atoms with Crippen LogP contribution in [0.3, 0.4) is 0 Å². The molecule has 138 valence electrons. The van der Waals surface area contributed by atoms with E-state index in [-0.39, 0.29) is 29.6 Å². The highest BCUT2D eigenvalue weighted by molar-refractivity contribution is 5.91. The van der Waals surface area contributed by atoms with E-state index in [1.54, 1.807) is 0 Å². The summed E-state index contributed by atoms with van der Waals surface area (Å²) in [4.78, 5) is 19.3. The van der Waals surface area contributed by atoms with Gasteiger partial charge in [0, 0.05) is 5.69 Å². The molecule has 9 heteroatoms. The first-order valence-electron chi connectivity index (χ1n) is 7.49. The van der Waals surface area contributed by atoms with Crippen molar-refractivity contribution in [2.75, 3.05) is 0 Å². The molecule has 0 saturated heterocycles. The third kappa shape index (κ3) is 5.60. The highest BCUT2D eigenvalue weighted by atomic mass is 19.4. The van der Waals surface area contributed by atoms with Gasteiger partial charge in [0.1, 0.15) is 17.1 Å². The second-order valence-electron chi connectivity index (χ2n) is 5.96. The van der Waals surface area contributed by atoms with Crippen molar-refractivity contribution < 1.29 is 27.5 Å². The predicted molar refractivity (Wildman–Crippen MR) is 84.8 cm³/mol. The average molecular weight is 367 g/mol. The Balaban J connectivity index is 2.06. The molecule has 0 fully saturated rings. The first-order chi connectivity index (χ1) is 11.9. The largest absolute Gasteiger partial charge is 0.443 e. The van der Waals surface area contributed by atoms with E-state index in [2.05, 4.69) is 27.1 Å². The lowest BCUT2D eigenvalue weighted by Crippen LogP contribution is -2.24. The Kier molecular flexibility index (Phi) is 5.37. The van der Waals surface area contributed by atoms with Gasteiger partial charge in [0.2, 0.25) is 0 Å². The Morgan fingerprint density at radius 1 is 1.31 bits per heavy atom. The molecule has 2 heterocycles. The molecule has 1 amide bonds. The first kappa shape index (κ1) is 19.5. The van der Waals surface area contributed by atoms with Crippen molar-refractivity contribution in [2.45, 2.75) is 39.1 Å². The quantitative estimate of drug-likeness (QED) is 0.814. The number of carbonyl (C=O) groups is 1. The lowest BCUT2D eigenvalue weighted by atomic mass is 10.1. The van der Waals surface area contributed by atoms with Crippen LogP contribution >= 0.6 is 0 Å². The number of aliphatic hydroxyl groups is 1. The van der Waals surface area contributed by atoms with Crippen LogP contribution in [-0.4, -0.2) is 26.6 Å². The maximum Gasteiger partial charge on any atom is 0.433 e. The maximum atomic E-state index is 12.7. The molecular weight excluding hydrogens is 351 g/mol. The second-order valence-corrected chi connectivity index (χ2v) is 5.96. The maximum absolute atomic E-state index is 12.7. The lowest BCUT2D eigenvalue weighted by molar-refractivity contribution is -0.141. The van der Waals surface area contributed by atoms with Gasteiger partial charge in [0.25, 0.3) is 5.91 Å². The van der Waals surface area contributed by atoms with E-state index in [0.717, 1.165) is 6.07 Å². The molecule has 0 bridgehead atoms. The molecule has 6 nitrogen and oxygen atoms in total. The third-order valence-corrected chi connectivity index (χ3v) is 2.92. The number of rotatable bonds is 3. The number of hydrogen-bond acceptors (Lipinski definition) is 5. The summed E-state index contributed by atoms with van der Waals surface area (Å²) < 4.78 is 43.5. The number of alkyl halides is 3. The summed E-state index contributed by atoms with van der Waals surface area (Å²) in [6, 6.07) is 3.63. The van der Waals surface area contributed by atoms with Crippen LogP contribution in [0.2, 0.25) is 0 Å². The van der Waals surface area contributed by atoms with Gasteiger partial charge in [-0.2, -0.15) is 13.2 Å². The van der Waals surface area contributed by atoms with Crippen molar-refractivity contribution in [1.29, 1.82) is 0 Å². The monoisotopic (exact) mass is 367 g/mol. The Labute approximate surface area is 147 Å². The average Bonchev–Trinajstić information content (AvgIpc) is 2.98. The van der Waals surface area contributed by atoms with Gasteiger partial charge in [-0.3, -0.25) is 4.79 Å². The summed E-state index contributed by atoms with van der Waals surface area (Å²) in [5, 5.41) is 11.9. The number of aryl methyl sites for hydroxylation is 1. The SMILES string of the molecule is Cc1cc(C(F)(F)F)nc(CNC(=O)c2ccc(C#CC(C)(C)O)o2)n1. The third-order valence-electron chi connectivity index (χ3n) is 2.92. The van der Waals surface area contributed by atoms with E-state index in [0.29, 0.717) is 0 Å². The van der Waals surface area contributed by atoms with Crippen molar-refractivity contribution in [3.8, 4) is 11.8 Å². The molecule has 2 aromatic heterocycles. The molecule has 0 unspecified atom stereocenters. The lowest BCUT2D eigenvalue weighted by Gasteiger charge is -2.09. The summed E-state index contributed by atoms with van der Waals surface area (Å²) in [7, 11) is 0. The van der Waals surface area contributed by atoms with E-state index in [1.807, 2.05) is 0 Å². The summed E-state index contributed by atoms with van der Waals surface area (Å²) >= 11 is 0. The fourth-order valence-corrected chi connectivity index (χ4v) is 1.84. The number of amides is 1. The van der Waals surface area contributed by atoms with Gasteiger partial charge in [0.05, 0.1) is 6.54 Å². The van der Waals surface area contributed by atoms with Crippen molar-refractivity contribution in [3.63, 3.8) is 0 Å². The normalized spacial score (nSPS) is 11.7. The van der Waals surface area contributed by atoms with Crippen LogP contribution in [0.15, 0.2) is 22.6 Å². The van der Waals surface area contributed by atoms with Gasteiger partial charge in [-0.05, 0) is 44.9 Å². The van der Waals surface area contributed by atoms with Gasteiger partial charge < -0.3 is 14.8 Å². The minimum atomic E-state index is -4.60. The number of carbonyl (C=O) groups excluding carboxylic acids is 1. The number of halogens is 3. The van der Waals surface area contributed by atoms with E-state index in [1.165, 1.54) is 32.9 Å². The molecule has 0 aromatic carbocycles. The Hall–Kier alpha value is -2.86. The number of furan rings is 1. The molecule has 2 aromatic rings. The fraction of sp³-hybridized carbons (Fsp3) is 0.353. The summed E-state index contributed by atoms with van der Waals surface area (Å²) in [6.45, 7) is 4.10. The van der Waals surface area contributed by atoms with Gasteiger partial charge in [-0.1, -0.05) is 5.92 Å². The zero-order valence-electron chi connectivity index (χ0n) is 14.2. The summed E-state index contributed by atoms with van der Waals surface area (Å²) in [5.41, 5.74) is -2.15. The minimum Gasteiger partial charge on any atom is -0.443 e. The molecule has 0 atom stereocenters. The molecule has 0 radical (unpaired) electrons. The van der Waals surface area contributed by atoms with Crippen molar-refractivity contribution in [2.24, 2.45) is 0 Å². The molecule has 2 N–H and O–H groups in total. The number of nitrogens with one attached hydrogen (secondary N) is 1. The van der Waals surface area contributed by atoms with Crippen LogP contribution in [0.1, 0.15) is 47.4 Å². The fourth-order valence-electron chi connectivity index (χ4n) is 1.84. The molecule has 0 aliphatic carbocycles. The summed E-state index contributed by atoms with van der Waals surface area (Å²) in [5.74, 6) is 4.37. The van der Waals surface area contributed by atoms with E-state index >= 15 is 0 Å². The highest BCUT2D eigenvalue weighted by Crippen LogP contribution is 2.27. The molecule has 0 spiro atoms. The van der Waals surface area contributed by atoms with Crippen LogP contribution in [0.4, 0.5) is 13.2 Å². The van der Waals surface area contributed by atoms with Crippen LogP contribution in [0, 0.1) is 18.8 Å². The van der Waals surface area contributed by atoms with Crippen molar-refractivity contribution in [1.82, 2.24) is 15.3 Å². The van der Waals surface area contributed by atoms with Gasteiger partial charge >= 0.3 is 6.18 Å². The Morgan fingerprint density at radius 2 is 2.00 bits per heavy atom. The molecular formula is C17H16F3N3O3. The zero-order chi connectivity index (χ0) is 19.5. The van der Waals surface area contributed by atoms with Gasteiger partial charge in [0.15, 0.2) is 11.5 Å². The van der Waals surface area contributed by atoms with Gasteiger partial charge in [-0.25, -0.2) is 9.97 Å². The molecule has 2 rings (SSSR count). The number of aromatic nitrogens is 2. The van der Waals surface area contributed by atoms with E-state index in [9.17, 15) is 23.1 Å². The molecule has 0 aliphatic heterocycles. The number of hydrogen-bond donors (Lipinski definition) is 2. The van der Waals surface area contributed by atoms with Crippen LogP contribution in [0.25, 0.3) is 0 Å². The van der Waals surface area contributed by atoms with Gasteiger partial charge in [-0.15, -0.1) is 0 Å². The zero-order valence-corrected chi connectivity index (χ0v) is 14.2. The second kappa shape index (κ2) is 7.17. The molecule has 26 heavy (non-hydrogen) atoms. The topological polar surface area (TPSA) is 88.2 Å². The number of nitrogens with zero attached hydrogens (tertiary/aromatic N) is 2. The Bertz CT molecular complexity index is 871. The summed E-state index contributed by atoms with van der Waals surface area (Å²) in [6.07, 6.45) is -4.60. The van der Waals surface area contributed by atoms with Crippen LogP contribution in [-0.2, 0) is 12.7 Å². The molecule has 0 aliphatic rings. The minimum absolute atomic E-state index is 0.0752.